The monoisotopic (exact) mass is 312 g/mol. The van der Waals surface area contributed by atoms with Crippen molar-refractivity contribution in [2.45, 2.75) is 83.3 Å². The van der Waals surface area contributed by atoms with E-state index in [4.69, 9.17) is 5.11 Å². The molecule has 0 aliphatic carbocycles. The van der Waals surface area contributed by atoms with Crippen molar-refractivity contribution < 1.29 is 20.1 Å². The fourth-order valence-electron chi connectivity index (χ4n) is 2.17. The number of carboxylic acid groups (broad SMARTS) is 1. The number of carbonyl (C=O) groups is 1. The van der Waals surface area contributed by atoms with Gasteiger partial charge in [0.05, 0.1) is 12.2 Å². The quantitative estimate of drug-likeness (QED) is 0.336. The molecule has 2 atom stereocenters. The van der Waals surface area contributed by atoms with Gasteiger partial charge in [0.25, 0.3) is 0 Å². The van der Waals surface area contributed by atoms with Gasteiger partial charge < -0.3 is 15.3 Å². The van der Waals surface area contributed by atoms with Gasteiger partial charge in [-0.2, -0.15) is 0 Å². The predicted molar refractivity (Wildman–Crippen MR) is 89.8 cm³/mol. The maximum Gasteiger partial charge on any atom is 0.303 e. The Balaban J connectivity index is 3.63. The first-order valence-corrected chi connectivity index (χ1v) is 8.45. The lowest BCUT2D eigenvalue weighted by atomic mass is 10.0. The number of unbranched alkanes of at least 4 members (excludes halogenated alkanes) is 4. The van der Waals surface area contributed by atoms with E-state index in [1.807, 2.05) is 6.08 Å². The number of aliphatic carboxylic acids is 1. The van der Waals surface area contributed by atoms with Crippen molar-refractivity contribution in [3.63, 3.8) is 0 Å². The summed E-state index contributed by atoms with van der Waals surface area (Å²) in [5.41, 5.74) is 0. The van der Waals surface area contributed by atoms with Crippen LogP contribution in [0.25, 0.3) is 0 Å². The van der Waals surface area contributed by atoms with E-state index in [9.17, 15) is 15.0 Å². The molecule has 2 unspecified atom stereocenters. The van der Waals surface area contributed by atoms with Crippen molar-refractivity contribution in [3.8, 4) is 0 Å². The van der Waals surface area contributed by atoms with Crippen LogP contribution in [0.2, 0.25) is 0 Å². The van der Waals surface area contributed by atoms with Crippen LogP contribution < -0.4 is 0 Å². The van der Waals surface area contributed by atoms with E-state index in [-0.39, 0.29) is 6.42 Å². The van der Waals surface area contributed by atoms with Crippen LogP contribution in [0.1, 0.15) is 71.1 Å². The summed E-state index contributed by atoms with van der Waals surface area (Å²) in [4.78, 5) is 10.3. The van der Waals surface area contributed by atoms with Crippen molar-refractivity contribution in [3.05, 3.63) is 24.3 Å². The Morgan fingerprint density at radius 1 is 1.05 bits per heavy atom. The van der Waals surface area contributed by atoms with E-state index in [0.717, 1.165) is 12.8 Å². The van der Waals surface area contributed by atoms with Gasteiger partial charge in [-0.1, -0.05) is 50.5 Å². The average molecular weight is 312 g/mol. The van der Waals surface area contributed by atoms with E-state index < -0.39 is 18.2 Å². The van der Waals surface area contributed by atoms with Gasteiger partial charge in [0.1, 0.15) is 0 Å². The summed E-state index contributed by atoms with van der Waals surface area (Å²) in [6.07, 6.45) is 14.6. The fourth-order valence-corrected chi connectivity index (χ4v) is 2.17. The molecule has 0 saturated carbocycles. The molecule has 0 spiro atoms. The van der Waals surface area contributed by atoms with Gasteiger partial charge in [0.15, 0.2) is 0 Å². The third-order valence-electron chi connectivity index (χ3n) is 3.46. The largest absolute Gasteiger partial charge is 0.481 e. The maximum atomic E-state index is 10.3. The number of rotatable bonds is 14. The zero-order chi connectivity index (χ0) is 16.6. The molecule has 4 nitrogen and oxygen atoms in total. The van der Waals surface area contributed by atoms with E-state index in [0.29, 0.717) is 25.7 Å². The molecule has 128 valence electrons. The zero-order valence-corrected chi connectivity index (χ0v) is 13.8. The van der Waals surface area contributed by atoms with Crippen LogP contribution in [0.5, 0.6) is 0 Å². The summed E-state index contributed by atoms with van der Waals surface area (Å²) in [7, 11) is 0. The summed E-state index contributed by atoms with van der Waals surface area (Å²) in [6, 6.07) is 0. The number of aliphatic hydroxyl groups excluding tert-OH is 2. The molecule has 3 N–H and O–H groups in total. The lowest BCUT2D eigenvalue weighted by Gasteiger charge is -2.12. The van der Waals surface area contributed by atoms with Crippen molar-refractivity contribution >= 4 is 5.97 Å². The van der Waals surface area contributed by atoms with Crippen molar-refractivity contribution in [1.82, 2.24) is 0 Å². The number of hydrogen-bond donors (Lipinski definition) is 3. The van der Waals surface area contributed by atoms with Crippen LogP contribution in [-0.4, -0.2) is 33.5 Å². The smallest absolute Gasteiger partial charge is 0.303 e. The molecule has 0 amide bonds. The lowest BCUT2D eigenvalue weighted by Crippen LogP contribution is -2.15. The summed E-state index contributed by atoms with van der Waals surface area (Å²) < 4.78 is 0. The maximum absolute atomic E-state index is 10.3. The Kier molecular flexibility index (Phi) is 14.0. The van der Waals surface area contributed by atoms with Gasteiger partial charge in [-0.3, -0.25) is 4.79 Å². The molecule has 0 heterocycles. The highest BCUT2D eigenvalue weighted by molar-refractivity contribution is 5.66. The van der Waals surface area contributed by atoms with Crippen LogP contribution in [0, 0.1) is 0 Å². The average Bonchev–Trinajstić information content (AvgIpc) is 2.46. The Morgan fingerprint density at radius 3 is 2.50 bits per heavy atom. The van der Waals surface area contributed by atoms with Gasteiger partial charge >= 0.3 is 5.97 Å². The zero-order valence-electron chi connectivity index (χ0n) is 13.8. The Hall–Kier alpha value is -1.13. The van der Waals surface area contributed by atoms with Gasteiger partial charge in [-0.15, -0.1) is 0 Å². The second-order valence-electron chi connectivity index (χ2n) is 5.73. The number of hydrogen-bond acceptors (Lipinski definition) is 3. The van der Waals surface area contributed by atoms with Crippen LogP contribution >= 0.6 is 0 Å². The van der Waals surface area contributed by atoms with Crippen LogP contribution in [0.15, 0.2) is 24.3 Å². The number of carboxylic acids is 1. The standard InChI is InChI=1S/C18H32O4/c1-2-3-4-5-6-7-8-9-12-16(19)15-17(20)13-10-11-14-18(21)22/h6-7,9,12,16-17,19-20H,2-5,8,10-11,13-15H2,1H3,(H,21,22)/b7-6-,12-9-. The van der Waals surface area contributed by atoms with Crippen molar-refractivity contribution in [2.75, 3.05) is 0 Å². The third kappa shape index (κ3) is 15.3. The van der Waals surface area contributed by atoms with E-state index in [2.05, 4.69) is 19.1 Å². The van der Waals surface area contributed by atoms with Gasteiger partial charge in [0.2, 0.25) is 0 Å². The van der Waals surface area contributed by atoms with Crippen LogP contribution in [0.3, 0.4) is 0 Å². The van der Waals surface area contributed by atoms with E-state index in [1.165, 1.54) is 19.3 Å². The highest BCUT2D eigenvalue weighted by Crippen LogP contribution is 2.10. The van der Waals surface area contributed by atoms with Crippen LogP contribution in [0.4, 0.5) is 0 Å². The SMILES string of the molecule is CCCCC/C=C\C/C=C\C(O)CC(O)CCCCC(=O)O. The minimum absolute atomic E-state index is 0.139. The highest BCUT2D eigenvalue weighted by atomic mass is 16.4. The fraction of sp³-hybridized carbons (Fsp3) is 0.722. The van der Waals surface area contributed by atoms with Gasteiger partial charge in [0, 0.05) is 12.8 Å². The molecule has 0 radical (unpaired) electrons. The third-order valence-corrected chi connectivity index (χ3v) is 3.46. The summed E-state index contributed by atoms with van der Waals surface area (Å²) in [5, 5.41) is 28.0. The minimum atomic E-state index is -0.805. The second-order valence-corrected chi connectivity index (χ2v) is 5.73. The summed E-state index contributed by atoms with van der Waals surface area (Å²) in [6.45, 7) is 2.19. The lowest BCUT2D eigenvalue weighted by molar-refractivity contribution is -0.137. The number of aliphatic hydroxyl groups is 2. The molecule has 0 aliphatic rings. The molecule has 0 aromatic heterocycles. The van der Waals surface area contributed by atoms with E-state index in [1.54, 1.807) is 6.08 Å². The molecule has 0 saturated heterocycles. The molecule has 0 rings (SSSR count). The van der Waals surface area contributed by atoms with E-state index >= 15 is 0 Å². The summed E-state index contributed by atoms with van der Waals surface area (Å²) in [5.74, 6) is -0.805. The Labute approximate surface area is 134 Å². The minimum Gasteiger partial charge on any atom is -0.481 e. The van der Waals surface area contributed by atoms with Crippen molar-refractivity contribution in [1.29, 1.82) is 0 Å². The molecule has 0 aliphatic heterocycles. The molecular formula is C18H32O4. The first-order chi connectivity index (χ1) is 10.6. The molecule has 0 bridgehead atoms. The molecule has 0 fully saturated rings. The second kappa shape index (κ2) is 14.8. The normalized spacial score (nSPS) is 14.7. The molecule has 0 aromatic rings. The predicted octanol–water partition coefficient (Wildman–Crippen LogP) is 3.83. The van der Waals surface area contributed by atoms with Crippen LogP contribution in [-0.2, 0) is 4.79 Å². The van der Waals surface area contributed by atoms with Gasteiger partial charge in [-0.25, -0.2) is 0 Å². The van der Waals surface area contributed by atoms with Gasteiger partial charge in [-0.05, 0) is 32.1 Å². The molecule has 4 heteroatoms. The Bertz CT molecular complexity index is 323. The number of allylic oxidation sites excluding steroid dienone is 3. The molecular weight excluding hydrogens is 280 g/mol. The van der Waals surface area contributed by atoms with Crippen molar-refractivity contribution in [2.24, 2.45) is 0 Å². The first kappa shape index (κ1) is 20.9. The summed E-state index contributed by atoms with van der Waals surface area (Å²) >= 11 is 0. The topological polar surface area (TPSA) is 77.8 Å². The molecule has 0 aromatic carbocycles. The highest BCUT2D eigenvalue weighted by Gasteiger charge is 2.09. The Morgan fingerprint density at radius 2 is 1.82 bits per heavy atom. The first-order valence-electron chi connectivity index (χ1n) is 8.45. The molecule has 22 heavy (non-hydrogen) atoms.